The van der Waals surface area contributed by atoms with Crippen LogP contribution in [-0.4, -0.2) is 57.5 Å². The van der Waals surface area contributed by atoms with Crippen molar-refractivity contribution < 1.29 is 19.3 Å². The fourth-order valence-electron chi connectivity index (χ4n) is 3.54. The number of nitrogens with zero attached hydrogens (tertiary/aromatic N) is 1. The Morgan fingerprint density at radius 2 is 1.97 bits per heavy atom. The highest BCUT2D eigenvalue weighted by atomic mass is 16.5. The van der Waals surface area contributed by atoms with E-state index in [1.807, 2.05) is 55.5 Å². The first-order valence-corrected chi connectivity index (χ1v) is 10.9. The minimum absolute atomic E-state index is 0.0680. The van der Waals surface area contributed by atoms with E-state index in [1.165, 1.54) is 0 Å². The van der Waals surface area contributed by atoms with E-state index in [0.717, 1.165) is 16.7 Å². The van der Waals surface area contributed by atoms with Crippen LogP contribution in [0.5, 0.6) is 0 Å². The molecule has 5 heteroatoms. The molecule has 0 spiro atoms. The van der Waals surface area contributed by atoms with Gasteiger partial charge in [0.15, 0.2) is 0 Å². The Morgan fingerprint density at radius 3 is 2.66 bits per heavy atom. The number of methoxy groups -OCH3 is 1. The molecule has 1 aromatic carbocycles. The van der Waals surface area contributed by atoms with Crippen molar-refractivity contribution in [3.05, 3.63) is 95.8 Å². The Morgan fingerprint density at radius 1 is 1.22 bits per heavy atom. The van der Waals surface area contributed by atoms with E-state index >= 15 is 0 Å². The van der Waals surface area contributed by atoms with Gasteiger partial charge in [0.05, 0.1) is 32.5 Å². The molecule has 172 valence electrons. The number of benzene rings is 1. The molecule has 0 aliphatic heterocycles. The van der Waals surface area contributed by atoms with Gasteiger partial charge in [0.25, 0.3) is 0 Å². The number of aliphatic hydroxyl groups is 1. The highest BCUT2D eigenvalue weighted by Gasteiger charge is 2.23. The minimum atomic E-state index is -0.382. The molecule has 0 saturated carbocycles. The summed E-state index contributed by atoms with van der Waals surface area (Å²) in [5, 5.41) is 10.8. The van der Waals surface area contributed by atoms with Crippen molar-refractivity contribution in [2.24, 2.45) is 4.99 Å². The van der Waals surface area contributed by atoms with Crippen LogP contribution in [0.3, 0.4) is 0 Å². The molecule has 1 aliphatic carbocycles. The Bertz CT molecular complexity index is 838. The highest BCUT2D eigenvalue weighted by molar-refractivity contribution is 5.42. The number of allylic oxidation sites excluding steroid dienone is 4. The van der Waals surface area contributed by atoms with Gasteiger partial charge < -0.3 is 19.3 Å². The number of rotatable bonds is 14. The van der Waals surface area contributed by atoms with Crippen molar-refractivity contribution in [3.63, 3.8) is 0 Å². The SMILES string of the molecule is C=NC(C(=C)/C=C\C)C(C=CC1=C(O)C(OCCOCCOC)CC=C1)c1ccccc1. The zero-order valence-corrected chi connectivity index (χ0v) is 19.2. The maximum atomic E-state index is 10.8. The van der Waals surface area contributed by atoms with Crippen molar-refractivity contribution in [1.82, 2.24) is 0 Å². The van der Waals surface area contributed by atoms with E-state index in [-0.39, 0.29) is 23.8 Å². The predicted molar refractivity (Wildman–Crippen MR) is 131 cm³/mol. The molecule has 0 aromatic heterocycles. The van der Waals surface area contributed by atoms with E-state index in [4.69, 9.17) is 14.2 Å². The van der Waals surface area contributed by atoms with Gasteiger partial charge >= 0.3 is 0 Å². The van der Waals surface area contributed by atoms with Crippen LogP contribution in [0.15, 0.2) is 95.3 Å². The van der Waals surface area contributed by atoms with Gasteiger partial charge in [-0.3, -0.25) is 4.99 Å². The van der Waals surface area contributed by atoms with Crippen LogP contribution in [0.25, 0.3) is 0 Å². The maximum Gasteiger partial charge on any atom is 0.129 e. The zero-order chi connectivity index (χ0) is 23.2. The van der Waals surface area contributed by atoms with Crippen molar-refractivity contribution in [1.29, 1.82) is 0 Å². The summed E-state index contributed by atoms with van der Waals surface area (Å²) in [4.78, 5) is 4.36. The van der Waals surface area contributed by atoms with Crippen molar-refractivity contribution in [2.75, 3.05) is 33.5 Å². The highest BCUT2D eigenvalue weighted by Crippen LogP contribution is 2.30. The lowest BCUT2D eigenvalue weighted by Crippen LogP contribution is -2.21. The van der Waals surface area contributed by atoms with Gasteiger partial charge in [-0.2, -0.15) is 0 Å². The molecule has 32 heavy (non-hydrogen) atoms. The molecule has 3 atom stereocenters. The Hall–Kier alpha value is -2.73. The van der Waals surface area contributed by atoms with E-state index in [2.05, 4.69) is 36.5 Å². The van der Waals surface area contributed by atoms with Gasteiger partial charge in [0, 0.05) is 18.6 Å². The molecule has 0 bridgehead atoms. The first-order chi connectivity index (χ1) is 15.6. The largest absolute Gasteiger partial charge is 0.509 e. The summed E-state index contributed by atoms with van der Waals surface area (Å²) in [6.45, 7) is 11.9. The monoisotopic (exact) mass is 437 g/mol. The topological polar surface area (TPSA) is 60.3 Å². The second kappa shape index (κ2) is 14.4. The second-order valence-electron chi connectivity index (χ2n) is 7.44. The summed E-state index contributed by atoms with van der Waals surface area (Å²) in [5.41, 5.74) is 2.71. The molecular formula is C27H35NO4. The minimum Gasteiger partial charge on any atom is -0.509 e. The third-order valence-corrected chi connectivity index (χ3v) is 5.19. The van der Waals surface area contributed by atoms with E-state index < -0.39 is 0 Å². The van der Waals surface area contributed by atoms with Gasteiger partial charge in [-0.05, 0) is 31.2 Å². The van der Waals surface area contributed by atoms with Crippen LogP contribution >= 0.6 is 0 Å². The fraction of sp³-hybridized carbons (Fsp3) is 0.370. The molecule has 0 heterocycles. The number of hydrogen-bond acceptors (Lipinski definition) is 5. The van der Waals surface area contributed by atoms with Crippen LogP contribution in [0.2, 0.25) is 0 Å². The lowest BCUT2D eigenvalue weighted by molar-refractivity contribution is -0.00622. The van der Waals surface area contributed by atoms with Gasteiger partial charge in [-0.25, -0.2) is 0 Å². The number of ether oxygens (including phenoxy) is 3. The molecule has 5 nitrogen and oxygen atoms in total. The lowest BCUT2D eigenvalue weighted by atomic mass is 9.86. The van der Waals surface area contributed by atoms with Crippen molar-refractivity contribution >= 4 is 6.72 Å². The lowest BCUT2D eigenvalue weighted by Gasteiger charge is -2.23. The summed E-state index contributed by atoms with van der Waals surface area (Å²) in [6, 6.07) is 9.92. The number of aliphatic hydroxyl groups excluding tert-OH is 1. The number of hydrogen-bond donors (Lipinski definition) is 1. The maximum absolute atomic E-state index is 10.8. The van der Waals surface area contributed by atoms with Crippen LogP contribution in [-0.2, 0) is 14.2 Å². The average Bonchev–Trinajstić information content (AvgIpc) is 2.81. The molecular weight excluding hydrogens is 402 g/mol. The van der Waals surface area contributed by atoms with E-state index in [1.54, 1.807) is 7.11 Å². The quantitative estimate of drug-likeness (QED) is 0.242. The van der Waals surface area contributed by atoms with Gasteiger partial charge in [0.1, 0.15) is 11.9 Å². The smallest absolute Gasteiger partial charge is 0.129 e. The van der Waals surface area contributed by atoms with Crippen LogP contribution in [0, 0.1) is 0 Å². The third kappa shape index (κ3) is 7.75. The first-order valence-electron chi connectivity index (χ1n) is 10.9. The van der Waals surface area contributed by atoms with E-state index in [0.29, 0.717) is 32.8 Å². The van der Waals surface area contributed by atoms with Gasteiger partial charge in [-0.1, -0.05) is 73.4 Å². The summed E-state index contributed by atoms with van der Waals surface area (Å²) in [6.07, 6.45) is 12.1. The van der Waals surface area contributed by atoms with Gasteiger partial charge in [0.2, 0.25) is 0 Å². The Kier molecular flexibility index (Phi) is 11.5. The molecule has 0 amide bonds. The summed E-state index contributed by atoms with van der Waals surface area (Å²) < 4.78 is 16.2. The molecule has 3 unspecified atom stereocenters. The predicted octanol–water partition coefficient (Wildman–Crippen LogP) is 5.35. The third-order valence-electron chi connectivity index (χ3n) is 5.19. The molecule has 1 N–H and O–H groups in total. The Balaban J connectivity index is 2.16. The van der Waals surface area contributed by atoms with Crippen LogP contribution < -0.4 is 0 Å². The second-order valence-corrected chi connectivity index (χ2v) is 7.44. The molecule has 2 rings (SSSR count). The van der Waals surface area contributed by atoms with Crippen LogP contribution in [0.1, 0.15) is 24.8 Å². The summed E-state index contributed by atoms with van der Waals surface area (Å²) in [5.74, 6) is 0.157. The normalized spacial score (nSPS) is 18.4. The van der Waals surface area contributed by atoms with E-state index in [9.17, 15) is 5.11 Å². The molecule has 1 aromatic rings. The van der Waals surface area contributed by atoms with Crippen molar-refractivity contribution in [2.45, 2.75) is 31.4 Å². The molecule has 0 saturated heterocycles. The first kappa shape index (κ1) is 25.5. The fourth-order valence-corrected chi connectivity index (χ4v) is 3.54. The molecule has 0 radical (unpaired) electrons. The zero-order valence-electron chi connectivity index (χ0n) is 19.2. The average molecular weight is 438 g/mol. The molecule has 0 fully saturated rings. The summed E-state index contributed by atoms with van der Waals surface area (Å²) in [7, 11) is 1.64. The van der Waals surface area contributed by atoms with Crippen molar-refractivity contribution in [3.8, 4) is 0 Å². The van der Waals surface area contributed by atoms with Crippen LogP contribution in [0.4, 0.5) is 0 Å². The van der Waals surface area contributed by atoms with Gasteiger partial charge in [-0.15, -0.1) is 0 Å². The summed E-state index contributed by atoms with van der Waals surface area (Å²) >= 11 is 0. The standard InChI is InChI=1S/C27H35NO4/c1-5-10-21(2)26(28-3)24(22-11-7-6-8-12-22)16-15-23-13-9-14-25(27(23)29)32-20-19-31-18-17-30-4/h5-13,15-16,24-26,29H,2-3,14,17-20H2,1,4H3/b10-5-,16-15?. The number of aliphatic imine (C=N–C) groups is 1. The molecule has 1 aliphatic rings. The Labute approximate surface area is 192 Å².